The number of hydrogen-bond acceptors (Lipinski definition) is 8. The monoisotopic (exact) mass is 472 g/mol. The first-order valence-electron chi connectivity index (χ1n) is 10.1. The maximum Gasteiger partial charge on any atom is 0.297 e. The molecule has 2 heterocycles. The third kappa shape index (κ3) is 4.50. The molecule has 0 bridgehead atoms. The van der Waals surface area contributed by atoms with Crippen molar-refractivity contribution in [3.05, 3.63) is 59.2 Å². The molecule has 1 unspecified atom stereocenters. The van der Waals surface area contributed by atoms with Crippen LogP contribution in [0.25, 0.3) is 0 Å². The molecule has 1 N–H and O–H groups in total. The Morgan fingerprint density at radius 2 is 1.67 bits per heavy atom. The first kappa shape index (κ1) is 22.6. The van der Waals surface area contributed by atoms with Gasteiger partial charge in [-0.2, -0.15) is 8.42 Å². The molecule has 0 saturated carbocycles. The smallest absolute Gasteiger partial charge is 0.297 e. The molecule has 2 aromatic carbocycles. The standard InChI is InChI=1S/C22H20N2O8S/c1-13-2-5-15(6-3-13)33(29,30)32-11-10-31-14-4-7-16-17(12-14)22(28)24(21(16)27)18-8-9-19(25)23-20(18)26/h2-7,12,18H,8-11H2,1H3,(H,23,25,26). The first-order valence-corrected chi connectivity index (χ1v) is 11.5. The maximum atomic E-state index is 12.8. The first-order chi connectivity index (χ1) is 15.7. The molecule has 4 amide bonds. The van der Waals surface area contributed by atoms with Crippen LogP contribution >= 0.6 is 0 Å². The van der Waals surface area contributed by atoms with Crippen LogP contribution in [0.5, 0.6) is 5.75 Å². The van der Waals surface area contributed by atoms with Gasteiger partial charge in [0.25, 0.3) is 21.9 Å². The number of carbonyl (C=O) groups is 4. The van der Waals surface area contributed by atoms with Crippen molar-refractivity contribution in [2.75, 3.05) is 13.2 Å². The van der Waals surface area contributed by atoms with Crippen LogP contribution < -0.4 is 10.1 Å². The van der Waals surface area contributed by atoms with Gasteiger partial charge in [-0.1, -0.05) is 17.7 Å². The van der Waals surface area contributed by atoms with Crippen LogP contribution in [0.4, 0.5) is 0 Å². The number of benzene rings is 2. The Hall–Kier alpha value is -3.57. The number of fused-ring (bicyclic) bond motifs is 1. The molecule has 0 aromatic heterocycles. The number of piperidine rings is 1. The fraction of sp³-hybridized carbons (Fsp3) is 0.273. The topological polar surface area (TPSA) is 136 Å². The van der Waals surface area contributed by atoms with E-state index in [0.29, 0.717) is 0 Å². The predicted molar refractivity (Wildman–Crippen MR) is 113 cm³/mol. The number of aryl methyl sites for hydroxylation is 1. The SMILES string of the molecule is Cc1ccc(S(=O)(=O)OCCOc2ccc3c(c2)C(=O)N(C2CCC(=O)NC2=O)C3=O)cc1. The Morgan fingerprint density at radius 3 is 2.36 bits per heavy atom. The van der Waals surface area contributed by atoms with Gasteiger partial charge in [-0.3, -0.25) is 33.6 Å². The van der Waals surface area contributed by atoms with Gasteiger partial charge in [-0.15, -0.1) is 0 Å². The molecule has 4 rings (SSSR count). The lowest BCUT2D eigenvalue weighted by Crippen LogP contribution is -2.54. The van der Waals surface area contributed by atoms with Gasteiger partial charge in [0.15, 0.2) is 0 Å². The molecular formula is C22H20N2O8S. The Labute approximate surface area is 189 Å². The summed E-state index contributed by atoms with van der Waals surface area (Å²) in [6.45, 7) is 1.45. The minimum Gasteiger partial charge on any atom is -0.491 e. The molecular weight excluding hydrogens is 452 g/mol. The number of amides is 4. The normalized spacial score (nSPS) is 18.3. The van der Waals surface area contributed by atoms with Crippen molar-refractivity contribution < 1.29 is 36.5 Å². The second-order valence-corrected chi connectivity index (χ2v) is 9.21. The van der Waals surface area contributed by atoms with E-state index in [2.05, 4.69) is 5.32 Å². The summed E-state index contributed by atoms with van der Waals surface area (Å²) in [5, 5.41) is 2.13. The number of imide groups is 2. The predicted octanol–water partition coefficient (Wildman–Crippen LogP) is 1.18. The number of nitrogens with zero attached hydrogens (tertiary/aromatic N) is 1. The summed E-state index contributed by atoms with van der Waals surface area (Å²) in [5.74, 6) is -2.19. The number of ether oxygens (including phenoxy) is 1. The third-order valence-electron chi connectivity index (χ3n) is 5.31. The van der Waals surface area contributed by atoms with Crippen LogP contribution in [-0.4, -0.2) is 56.2 Å². The van der Waals surface area contributed by atoms with Crippen molar-refractivity contribution in [1.29, 1.82) is 0 Å². The molecule has 0 radical (unpaired) electrons. The summed E-state index contributed by atoms with van der Waals surface area (Å²) >= 11 is 0. The third-order valence-corrected chi connectivity index (χ3v) is 6.64. The summed E-state index contributed by atoms with van der Waals surface area (Å²) in [7, 11) is -3.93. The molecule has 11 heteroatoms. The van der Waals surface area contributed by atoms with E-state index in [0.717, 1.165) is 10.5 Å². The summed E-state index contributed by atoms with van der Waals surface area (Å²) in [6.07, 6.45) is 0.0932. The van der Waals surface area contributed by atoms with Crippen LogP contribution in [-0.2, 0) is 23.9 Å². The molecule has 0 spiro atoms. The van der Waals surface area contributed by atoms with Crippen molar-refractivity contribution >= 4 is 33.7 Å². The van der Waals surface area contributed by atoms with Crippen LogP contribution in [0.1, 0.15) is 39.1 Å². The second kappa shape index (κ2) is 8.75. The Morgan fingerprint density at radius 1 is 0.970 bits per heavy atom. The highest BCUT2D eigenvalue weighted by Crippen LogP contribution is 2.30. The molecule has 172 valence electrons. The van der Waals surface area contributed by atoms with Crippen molar-refractivity contribution in [1.82, 2.24) is 10.2 Å². The summed E-state index contributed by atoms with van der Waals surface area (Å²) < 4.78 is 34.9. The van der Waals surface area contributed by atoms with E-state index in [1.807, 2.05) is 6.92 Å². The Balaban J connectivity index is 1.39. The van der Waals surface area contributed by atoms with Gasteiger partial charge in [0, 0.05) is 6.42 Å². The number of rotatable bonds is 7. The molecule has 2 aromatic rings. The van der Waals surface area contributed by atoms with Crippen LogP contribution in [0, 0.1) is 6.92 Å². The van der Waals surface area contributed by atoms with Gasteiger partial charge in [0.1, 0.15) is 25.0 Å². The highest BCUT2D eigenvalue weighted by molar-refractivity contribution is 7.86. The largest absolute Gasteiger partial charge is 0.491 e. The number of nitrogens with one attached hydrogen (secondary N) is 1. The van der Waals surface area contributed by atoms with E-state index in [9.17, 15) is 27.6 Å². The minimum absolute atomic E-state index is 0.0308. The van der Waals surface area contributed by atoms with E-state index in [1.54, 1.807) is 12.1 Å². The lowest BCUT2D eigenvalue weighted by Gasteiger charge is -2.27. The summed E-state index contributed by atoms with van der Waals surface area (Å²) in [6, 6.07) is 9.38. The lowest BCUT2D eigenvalue weighted by atomic mass is 10.0. The van der Waals surface area contributed by atoms with E-state index in [1.165, 1.54) is 30.3 Å². The fourth-order valence-electron chi connectivity index (χ4n) is 3.62. The summed E-state index contributed by atoms with van der Waals surface area (Å²) in [5.41, 5.74) is 1.10. The van der Waals surface area contributed by atoms with Gasteiger partial charge in [-0.05, 0) is 43.7 Å². The van der Waals surface area contributed by atoms with E-state index in [4.69, 9.17) is 8.92 Å². The maximum absolute atomic E-state index is 12.8. The molecule has 10 nitrogen and oxygen atoms in total. The highest BCUT2D eigenvalue weighted by atomic mass is 32.2. The van der Waals surface area contributed by atoms with Crippen molar-refractivity contribution in [3.63, 3.8) is 0 Å². The molecule has 1 fully saturated rings. The van der Waals surface area contributed by atoms with Crippen molar-refractivity contribution in [2.45, 2.75) is 30.7 Å². The van der Waals surface area contributed by atoms with Gasteiger partial charge in [0.2, 0.25) is 11.8 Å². The lowest BCUT2D eigenvalue weighted by molar-refractivity contribution is -0.136. The molecule has 2 aliphatic heterocycles. The average Bonchev–Trinajstić information content (AvgIpc) is 3.02. The Kier molecular flexibility index (Phi) is 6.00. The van der Waals surface area contributed by atoms with Crippen LogP contribution in [0.3, 0.4) is 0 Å². The van der Waals surface area contributed by atoms with Crippen LogP contribution in [0.15, 0.2) is 47.4 Å². The Bertz CT molecular complexity index is 1250. The average molecular weight is 472 g/mol. The van der Waals surface area contributed by atoms with Crippen molar-refractivity contribution in [3.8, 4) is 5.75 Å². The zero-order valence-electron chi connectivity index (χ0n) is 17.6. The van der Waals surface area contributed by atoms with Gasteiger partial charge in [-0.25, -0.2) is 0 Å². The molecule has 33 heavy (non-hydrogen) atoms. The molecule has 2 aliphatic rings. The van der Waals surface area contributed by atoms with Gasteiger partial charge in [0.05, 0.1) is 16.0 Å². The number of hydrogen-bond donors (Lipinski definition) is 1. The van der Waals surface area contributed by atoms with Gasteiger partial charge >= 0.3 is 0 Å². The minimum atomic E-state index is -3.93. The second-order valence-electron chi connectivity index (χ2n) is 7.59. The zero-order valence-corrected chi connectivity index (χ0v) is 18.4. The van der Waals surface area contributed by atoms with E-state index >= 15 is 0 Å². The fourth-order valence-corrected chi connectivity index (χ4v) is 4.51. The molecule has 0 aliphatic carbocycles. The number of carbonyl (C=O) groups excluding carboxylic acids is 4. The highest BCUT2D eigenvalue weighted by Gasteiger charge is 2.44. The van der Waals surface area contributed by atoms with Gasteiger partial charge < -0.3 is 4.74 Å². The van der Waals surface area contributed by atoms with Crippen molar-refractivity contribution in [2.24, 2.45) is 0 Å². The molecule has 1 saturated heterocycles. The van der Waals surface area contributed by atoms with Crippen LogP contribution in [0.2, 0.25) is 0 Å². The quantitative estimate of drug-likeness (QED) is 0.360. The van der Waals surface area contributed by atoms with E-state index < -0.39 is 39.8 Å². The molecule has 1 atom stereocenters. The zero-order chi connectivity index (χ0) is 23.8. The summed E-state index contributed by atoms with van der Waals surface area (Å²) in [4.78, 5) is 49.8. The van der Waals surface area contributed by atoms with E-state index in [-0.39, 0.29) is 47.8 Å².